The molecule has 0 aliphatic heterocycles. The van der Waals surface area contributed by atoms with Crippen molar-refractivity contribution < 1.29 is 4.39 Å². The Balaban J connectivity index is 2.38. The third-order valence-corrected chi connectivity index (χ3v) is 2.73. The van der Waals surface area contributed by atoms with Gasteiger partial charge in [0.15, 0.2) is 0 Å². The fraction of sp³-hybridized carbons (Fsp3) is 0.0909. The molecule has 0 spiro atoms. The zero-order valence-corrected chi connectivity index (χ0v) is 9.86. The molecule has 1 aromatic heterocycles. The number of nitrogens with two attached hydrogens (primary N) is 1. The van der Waals surface area contributed by atoms with E-state index in [0.29, 0.717) is 15.6 Å². The van der Waals surface area contributed by atoms with E-state index in [4.69, 9.17) is 5.73 Å². The van der Waals surface area contributed by atoms with Gasteiger partial charge in [0.2, 0.25) is 0 Å². The van der Waals surface area contributed by atoms with Crippen LogP contribution in [0, 0.1) is 5.82 Å². The molecule has 82 valence electrons. The number of rotatable bonds is 2. The van der Waals surface area contributed by atoms with E-state index in [2.05, 4.69) is 25.9 Å². The monoisotopic (exact) mass is 281 g/mol. The van der Waals surface area contributed by atoms with Gasteiger partial charge in [-0.25, -0.2) is 14.4 Å². The predicted molar refractivity (Wildman–Crippen MR) is 62.2 cm³/mol. The molecular weight excluding hydrogens is 273 g/mol. The maximum atomic E-state index is 13.6. The van der Waals surface area contributed by atoms with Gasteiger partial charge in [-0.1, -0.05) is 22.0 Å². The molecule has 16 heavy (non-hydrogen) atoms. The fourth-order valence-electron chi connectivity index (χ4n) is 1.40. The van der Waals surface area contributed by atoms with Crippen LogP contribution >= 0.6 is 15.9 Å². The molecule has 3 nitrogen and oxygen atoms in total. The lowest BCUT2D eigenvalue weighted by molar-refractivity contribution is 0.598. The second kappa shape index (κ2) is 4.67. The molecule has 1 unspecified atom stereocenters. The Kier molecular flexibility index (Phi) is 3.26. The summed E-state index contributed by atoms with van der Waals surface area (Å²) in [5, 5.41) is 0. The standard InChI is InChI=1S/C11H9BrFN3/c12-8-1-2-9(10(13)3-8)11(14)7-4-15-6-16-5-7/h1-6,11H,14H2. The third kappa shape index (κ3) is 2.25. The van der Waals surface area contributed by atoms with Crippen LogP contribution in [0.1, 0.15) is 17.2 Å². The van der Waals surface area contributed by atoms with E-state index in [-0.39, 0.29) is 5.82 Å². The molecule has 2 rings (SSSR count). The van der Waals surface area contributed by atoms with Crippen molar-refractivity contribution in [2.24, 2.45) is 5.73 Å². The minimum atomic E-state index is -0.547. The van der Waals surface area contributed by atoms with Crippen LogP contribution in [0.3, 0.4) is 0 Å². The van der Waals surface area contributed by atoms with E-state index in [9.17, 15) is 4.39 Å². The van der Waals surface area contributed by atoms with E-state index < -0.39 is 6.04 Å². The van der Waals surface area contributed by atoms with Crippen molar-refractivity contribution in [1.29, 1.82) is 0 Å². The van der Waals surface area contributed by atoms with Gasteiger partial charge in [0.25, 0.3) is 0 Å². The molecule has 1 atom stereocenters. The highest BCUT2D eigenvalue weighted by Crippen LogP contribution is 2.23. The Hall–Kier alpha value is -1.33. The van der Waals surface area contributed by atoms with Gasteiger partial charge in [0.05, 0.1) is 6.04 Å². The predicted octanol–water partition coefficient (Wildman–Crippen LogP) is 2.43. The zero-order chi connectivity index (χ0) is 11.5. The van der Waals surface area contributed by atoms with Crippen molar-refractivity contribution in [1.82, 2.24) is 9.97 Å². The summed E-state index contributed by atoms with van der Waals surface area (Å²) in [6, 6.07) is 4.24. The summed E-state index contributed by atoms with van der Waals surface area (Å²) in [5.41, 5.74) is 7.04. The number of aromatic nitrogens is 2. The van der Waals surface area contributed by atoms with Gasteiger partial charge < -0.3 is 5.73 Å². The summed E-state index contributed by atoms with van der Waals surface area (Å²) >= 11 is 3.20. The smallest absolute Gasteiger partial charge is 0.129 e. The van der Waals surface area contributed by atoms with Crippen LogP contribution in [0.2, 0.25) is 0 Å². The van der Waals surface area contributed by atoms with Crippen LogP contribution in [0.5, 0.6) is 0 Å². The summed E-state index contributed by atoms with van der Waals surface area (Å²) in [6.07, 6.45) is 4.58. The SMILES string of the molecule is NC(c1cncnc1)c1ccc(Br)cc1F. The van der Waals surface area contributed by atoms with Crippen LogP contribution in [-0.2, 0) is 0 Å². The molecule has 0 saturated carbocycles. The van der Waals surface area contributed by atoms with E-state index in [0.717, 1.165) is 0 Å². The highest BCUT2D eigenvalue weighted by molar-refractivity contribution is 9.10. The van der Waals surface area contributed by atoms with Crippen molar-refractivity contribution in [3.8, 4) is 0 Å². The minimum absolute atomic E-state index is 0.342. The topological polar surface area (TPSA) is 51.8 Å². The molecule has 0 aliphatic carbocycles. The molecular formula is C11H9BrFN3. The number of hydrogen-bond acceptors (Lipinski definition) is 3. The van der Waals surface area contributed by atoms with Gasteiger partial charge >= 0.3 is 0 Å². The first-order chi connectivity index (χ1) is 7.68. The number of halogens is 2. The minimum Gasteiger partial charge on any atom is -0.320 e. The van der Waals surface area contributed by atoms with Gasteiger partial charge in [0.1, 0.15) is 12.1 Å². The Labute approximate surface area is 101 Å². The molecule has 0 bridgehead atoms. The summed E-state index contributed by atoms with van der Waals surface area (Å²) in [6.45, 7) is 0. The van der Waals surface area contributed by atoms with Crippen molar-refractivity contribution in [2.45, 2.75) is 6.04 Å². The van der Waals surface area contributed by atoms with Crippen molar-refractivity contribution in [3.63, 3.8) is 0 Å². The molecule has 2 aromatic rings. The average Bonchev–Trinajstić information content (AvgIpc) is 2.29. The van der Waals surface area contributed by atoms with Crippen molar-refractivity contribution in [2.75, 3.05) is 0 Å². The Morgan fingerprint density at radius 2 is 1.94 bits per heavy atom. The zero-order valence-electron chi connectivity index (χ0n) is 8.27. The highest BCUT2D eigenvalue weighted by atomic mass is 79.9. The second-order valence-electron chi connectivity index (χ2n) is 3.32. The lowest BCUT2D eigenvalue weighted by atomic mass is 10.0. The van der Waals surface area contributed by atoms with Gasteiger partial charge in [-0.3, -0.25) is 0 Å². The first kappa shape index (κ1) is 11.2. The molecule has 0 amide bonds. The van der Waals surface area contributed by atoms with Gasteiger partial charge in [-0.05, 0) is 12.1 Å². The van der Waals surface area contributed by atoms with Crippen LogP contribution in [0.4, 0.5) is 4.39 Å². The van der Waals surface area contributed by atoms with E-state index >= 15 is 0 Å². The molecule has 5 heteroatoms. The third-order valence-electron chi connectivity index (χ3n) is 2.24. The lowest BCUT2D eigenvalue weighted by Crippen LogP contribution is -2.14. The fourth-order valence-corrected chi connectivity index (χ4v) is 1.74. The van der Waals surface area contributed by atoms with Crippen molar-refractivity contribution >= 4 is 15.9 Å². The lowest BCUT2D eigenvalue weighted by Gasteiger charge is -2.12. The normalized spacial score (nSPS) is 12.4. The largest absolute Gasteiger partial charge is 0.320 e. The van der Waals surface area contributed by atoms with E-state index in [1.807, 2.05) is 0 Å². The molecule has 2 N–H and O–H groups in total. The Bertz CT molecular complexity index is 490. The summed E-state index contributed by atoms with van der Waals surface area (Å²) in [4.78, 5) is 7.71. The molecule has 0 fully saturated rings. The van der Waals surface area contributed by atoms with Crippen LogP contribution in [0.15, 0.2) is 41.4 Å². The van der Waals surface area contributed by atoms with Gasteiger partial charge in [-0.15, -0.1) is 0 Å². The number of nitrogens with zero attached hydrogens (tertiary/aromatic N) is 2. The molecule has 0 aliphatic rings. The first-order valence-electron chi connectivity index (χ1n) is 4.64. The quantitative estimate of drug-likeness (QED) is 0.920. The van der Waals surface area contributed by atoms with Crippen molar-refractivity contribution in [3.05, 3.63) is 58.3 Å². The van der Waals surface area contributed by atoms with Crippen LogP contribution in [0.25, 0.3) is 0 Å². The second-order valence-corrected chi connectivity index (χ2v) is 4.23. The Morgan fingerprint density at radius 1 is 1.25 bits per heavy atom. The number of benzene rings is 1. The average molecular weight is 282 g/mol. The maximum absolute atomic E-state index is 13.6. The van der Waals surface area contributed by atoms with Crippen LogP contribution < -0.4 is 5.73 Å². The summed E-state index contributed by atoms with van der Waals surface area (Å²) < 4.78 is 14.3. The summed E-state index contributed by atoms with van der Waals surface area (Å²) in [7, 11) is 0. The highest BCUT2D eigenvalue weighted by Gasteiger charge is 2.13. The molecule has 0 saturated heterocycles. The first-order valence-corrected chi connectivity index (χ1v) is 5.43. The van der Waals surface area contributed by atoms with Gasteiger partial charge in [0, 0.05) is 28.0 Å². The van der Waals surface area contributed by atoms with E-state index in [1.54, 1.807) is 24.5 Å². The number of hydrogen-bond donors (Lipinski definition) is 1. The Morgan fingerprint density at radius 3 is 2.56 bits per heavy atom. The molecule has 0 radical (unpaired) electrons. The summed E-state index contributed by atoms with van der Waals surface area (Å²) in [5.74, 6) is -0.342. The van der Waals surface area contributed by atoms with Crippen LogP contribution in [-0.4, -0.2) is 9.97 Å². The van der Waals surface area contributed by atoms with Gasteiger partial charge in [-0.2, -0.15) is 0 Å². The van der Waals surface area contributed by atoms with E-state index in [1.165, 1.54) is 12.4 Å². The molecule has 1 heterocycles. The maximum Gasteiger partial charge on any atom is 0.129 e. The molecule has 1 aromatic carbocycles.